The third-order valence-corrected chi connectivity index (χ3v) is 4.32. The Hall–Kier alpha value is -0.140. The van der Waals surface area contributed by atoms with Crippen LogP contribution in [0.1, 0.15) is 10.9 Å². The summed E-state index contributed by atoms with van der Waals surface area (Å²) in [7, 11) is 1.57. The molecule has 0 radical (unpaired) electrons. The highest BCUT2D eigenvalue weighted by atomic mass is 127. The molecule has 0 unspecified atom stereocenters. The third kappa shape index (κ3) is 2.34. The maximum atomic E-state index is 9.71. The van der Waals surface area contributed by atoms with E-state index >= 15 is 0 Å². The van der Waals surface area contributed by atoms with Crippen molar-refractivity contribution in [2.75, 3.05) is 19.4 Å². The van der Waals surface area contributed by atoms with E-state index in [0.29, 0.717) is 11.1 Å². The summed E-state index contributed by atoms with van der Waals surface area (Å²) >= 11 is 4.00. The Morgan fingerprint density at radius 3 is 3.00 bits per heavy atom. The summed E-state index contributed by atoms with van der Waals surface area (Å²) in [6.07, 6.45) is 0. The lowest BCUT2D eigenvalue weighted by Gasteiger charge is -2.13. The van der Waals surface area contributed by atoms with Crippen molar-refractivity contribution in [2.24, 2.45) is 0 Å². The molecule has 15 heavy (non-hydrogen) atoms. The number of halogens is 1. The summed E-state index contributed by atoms with van der Waals surface area (Å²) in [5.41, 5.74) is 1.16. The lowest BCUT2D eigenvalue weighted by Crippen LogP contribution is -2.12. The van der Waals surface area contributed by atoms with Crippen LogP contribution < -0.4 is 10.1 Å². The molecular formula is C10H12INO2S. The Morgan fingerprint density at radius 2 is 2.40 bits per heavy atom. The highest BCUT2D eigenvalue weighted by Crippen LogP contribution is 2.38. The molecule has 3 nitrogen and oxygen atoms in total. The molecule has 1 fully saturated rings. The van der Waals surface area contributed by atoms with Gasteiger partial charge in [0.05, 0.1) is 16.1 Å². The van der Waals surface area contributed by atoms with E-state index in [9.17, 15) is 5.11 Å². The van der Waals surface area contributed by atoms with Gasteiger partial charge in [-0.25, -0.2) is 0 Å². The maximum Gasteiger partial charge on any atom is 0.171 e. The zero-order valence-corrected chi connectivity index (χ0v) is 11.3. The lowest BCUT2D eigenvalue weighted by atomic mass is 10.2. The summed E-state index contributed by atoms with van der Waals surface area (Å²) in [6, 6.07) is 3.89. The van der Waals surface area contributed by atoms with Crippen LogP contribution in [0.4, 0.5) is 0 Å². The first-order valence-corrected chi connectivity index (χ1v) is 6.76. The van der Waals surface area contributed by atoms with E-state index in [1.54, 1.807) is 7.11 Å². The van der Waals surface area contributed by atoms with Crippen molar-refractivity contribution in [3.05, 3.63) is 21.3 Å². The number of hydrogen-bond acceptors (Lipinski definition) is 4. The Balaban J connectivity index is 2.35. The fourth-order valence-corrected chi connectivity index (χ4v) is 3.20. The normalized spacial score (nSPS) is 20.5. The minimum absolute atomic E-state index is 0.227. The Kier molecular flexibility index (Phi) is 3.63. The summed E-state index contributed by atoms with van der Waals surface area (Å²) in [5, 5.41) is 13.4. The number of methoxy groups -OCH3 is 1. The number of aromatic hydroxyl groups is 1. The molecule has 1 heterocycles. The molecule has 0 saturated carbocycles. The SMILES string of the molecule is COc1cc([C@@H]2NCCS2)cc(I)c1O. The number of phenolic OH excluding ortho intramolecular Hbond substituents is 1. The maximum absolute atomic E-state index is 9.71. The predicted octanol–water partition coefficient (Wildman–Crippen LogP) is 2.34. The second-order valence-electron chi connectivity index (χ2n) is 3.26. The number of phenols is 1. The molecule has 1 aliphatic heterocycles. The van der Waals surface area contributed by atoms with Crippen LogP contribution in [-0.2, 0) is 0 Å². The van der Waals surface area contributed by atoms with Gasteiger partial charge in [0.15, 0.2) is 11.5 Å². The number of nitrogens with one attached hydrogen (secondary N) is 1. The number of benzene rings is 1. The van der Waals surface area contributed by atoms with Gasteiger partial charge in [-0.05, 0) is 40.3 Å². The van der Waals surface area contributed by atoms with E-state index in [-0.39, 0.29) is 5.75 Å². The van der Waals surface area contributed by atoms with Gasteiger partial charge in [0.1, 0.15) is 0 Å². The highest BCUT2D eigenvalue weighted by Gasteiger charge is 2.19. The predicted molar refractivity (Wildman–Crippen MR) is 70.6 cm³/mol. The standard InChI is InChI=1S/C10H12INO2S/c1-14-8-5-6(4-7(11)9(8)13)10-12-2-3-15-10/h4-5,10,12-13H,2-3H2,1H3/t10-/m1/s1. The van der Waals surface area contributed by atoms with Crippen molar-refractivity contribution in [1.82, 2.24) is 5.32 Å². The van der Waals surface area contributed by atoms with Gasteiger partial charge in [0, 0.05) is 12.3 Å². The third-order valence-electron chi connectivity index (χ3n) is 2.29. The van der Waals surface area contributed by atoms with E-state index in [0.717, 1.165) is 21.4 Å². The molecular weight excluding hydrogens is 325 g/mol. The van der Waals surface area contributed by atoms with Gasteiger partial charge in [-0.15, -0.1) is 11.8 Å². The van der Waals surface area contributed by atoms with Crippen LogP contribution in [0.25, 0.3) is 0 Å². The Labute approximate surface area is 107 Å². The van der Waals surface area contributed by atoms with E-state index in [4.69, 9.17) is 4.74 Å². The molecule has 5 heteroatoms. The fraction of sp³-hybridized carbons (Fsp3) is 0.400. The Morgan fingerprint density at radius 1 is 1.60 bits per heavy atom. The van der Waals surface area contributed by atoms with Gasteiger partial charge in [0.2, 0.25) is 0 Å². The number of ether oxygens (including phenoxy) is 1. The van der Waals surface area contributed by atoms with E-state index in [1.807, 2.05) is 23.9 Å². The first kappa shape index (κ1) is 11.3. The molecule has 1 atom stereocenters. The van der Waals surface area contributed by atoms with Gasteiger partial charge in [-0.3, -0.25) is 0 Å². The molecule has 1 aromatic rings. The summed E-state index contributed by atoms with van der Waals surface area (Å²) in [5.74, 6) is 1.90. The van der Waals surface area contributed by atoms with E-state index in [2.05, 4.69) is 27.9 Å². The molecule has 0 amide bonds. The smallest absolute Gasteiger partial charge is 0.171 e. The first-order chi connectivity index (χ1) is 7.22. The van der Waals surface area contributed by atoms with E-state index in [1.165, 1.54) is 0 Å². The van der Waals surface area contributed by atoms with Crippen LogP contribution >= 0.6 is 34.4 Å². The van der Waals surface area contributed by atoms with Crippen molar-refractivity contribution >= 4 is 34.4 Å². The number of hydrogen-bond donors (Lipinski definition) is 2. The minimum Gasteiger partial charge on any atom is -0.504 e. The molecule has 1 saturated heterocycles. The lowest BCUT2D eigenvalue weighted by molar-refractivity contribution is 0.371. The van der Waals surface area contributed by atoms with Crippen LogP contribution in [0.2, 0.25) is 0 Å². The average molecular weight is 337 g/mol. The summed E-state index contributed by atoms with van der Waals surface area (Å²) in [4.78, 5) is 0. The summed E-state index contributed by atoms with van der Waals surface area (Å²) < 4.78 is 5.96. The van der Waals surface area contributed by atoms with Crippen LogP contribution in [0, 0.1) is 3.57 Å². The van der Waals surface area contributed by atoms with Crippen molar-refractivity contribution in [3.63, 3.8) is 0 Å². The zero-order valence-electron chi connectivity index (χ0n) is 8.29. The van der Waals surface area contributed by atoms with Crippen molar-refractivity contribution in [1.29, 1.82) is 0 Å². The molecule has 2 N–H and O–H groups in total. The number of rotatable bonds is 2. The number of thioether (sulfide) groups is 1. The Bertz CT molecular complexity index is 367. The molecule has 0 spiro atoms. The molecule has 0 bridgehead atoms. The quantitative estimate of drug-likeness (QED) is 0.813. The van der Waals surface area contributed by atoms with Crippen LogP contribution in [0.15, 0.2) is 12.1 Å². The first-order valence-electron chi connectivity index (χ1n) is 4.63. The zero-order chi connectivity index (χ0) is 10.8. The molecule has 1 aromatic carbocycles. The molecule has 2 rings (SSSR count). The van der Waals surface area contributed by atoms with Crippen LogP contribution in [0.3, 0.4) is 0 Å². The molecule has 82 valence electrons. The van der Waals surface area contributed by atoms with Gasteiger partial charge >= 0.3 is 0 Å². The van der Waals surface area contributed by atoms with Crippen LogP contribution in [-0.4, -0.2) is 24.5 Å². The monoisotopic (exact) mass is 337 g/mol. The van der Waals surface area contributed by atoms with Gasteiger partial charge in [-0.1, -0.05) is 0 Å². The second-order valence-corrected chi connectivity index (χ2v) is 5.63. The van der Waals surface area contributed by atoms with Gasteiger partial charge in [-0.2, -0.15) is 0 Å². The highest BCUT2D eigenvalue weighted by molar-refractivity contribution is 14.1. The molecule has 0 aliphatic carbocycles. The topological polar surface area (TPSA) is 41.5 Å². The fourth-order valence-electron chi connectivity index (χ4n) is 1.54. The van der Waals surface area contributed by atoms with Crippen molar-refractivity contribution in [3.8, 4) is 11.5 Å². The average Bonchev–Trinajstić information content (AvgIpc) is 2.75. The van der Waals surface area contributed by atoms with Gasteiger partial charge in [0.25, 0.3) is 0 Å². The van der Waals surface area contributed by atoms with Crippen LogP contribution in [0.5, 0.6) is 11.5 Å². The van der Waals surface area contributed by atoms with E-state index < -0.39 is 0 Å². The molecule has 0 aromatic heterocycles. The van der Waals surface area contributed by atoms with Crippen molar-refractivity contribution in [2.45, 2.75) is 5.37 Å². The van der Waals surface area contributed by atoms with Gasteiger partial charge < -0.3 is 15.2 Å². The summed E-state index contributed by atoms with van der Waals surface area (Å²) in [6.45, 7) is 1.04. The van der Waals surface area contributed by atoms with Crippen molar-refractivity contribution < 1.29 is 9.84 Å². The second kappa shape index (κ2) is 4.80. The largest absolute Gasteiger partial charge is 0.504 e. The molecule has 1 aliphatic rings. The minimum atomic E-state index is 0.227.